The average Bonchev–Trinajstić information content (AvgIpc) is 2.85. The van der Waals surface area contributed by atoms with E-state index in [2.05, 4.69) is 5.32 Å². The Hall–Kier alpha value is -3.43. The first-order valence-corrected chi connectivity index (χ1v) is 8.22. The van der Waals surface area contributed by atoms with Crippen LogP contribution in [-0.4, -0.2) is 54.4 Å². The second-order valence-electron chi connectivity index (χ2n) is 5.84. The predicted octanol–water partition coefficient (Wildman–Crippen LogP) is 0.615. The molecule has 0 unspecified atom stereocenters. The highest BCUT2D eigenvalue weighted by Gasteiger charge is 2.46. The number of ether oxygens (including phenoxy) is 1. The van der Waals surface area contributed by atoms with Crippen molar-refractivity contribution in [3.05, 3.63) is 24.3 Å². The van der Waals surface area contributed by atoms with Gasteiger partial charge < -0.3 is 10.1 Å². The molecule has 1 fully saturated rings. The number of benzene rings is 1. The third-order valence-electron chi connectivity index (χ3n) is 3.93. The number of nitrogens with zero attached hydrogens (tertiary/aromatic N) is 2. The SMILES string of the molecule is CC[C@H](C)NC(=O)NC(=O)CN1C(=O)C(=O)N(c2ccc(OC)cc2)C1=O. The number of imide groups is 3. The van der Waals surface area contributed by atoms with Crippen LogP contribution in [0.2, 0.25) is 0 Å². The van der Waals surface area contributed by atoms with Crippen LogP contribution in [0.4, 0.5) is 15.3 Å². The van der Waals surface area contributed by atoms with Crippen molar-refractivity contribution in [3.8, 4) is 5.75 Å². The van der Waals surface area contributed by atoms with Crippen LogP contribution in [0.25, 0.3) is 0 Å². The van der Waals surface area contributed by atoms with E-state index < -0.39 is 36.3 Å². The Morgan fingerprint density at radius 3 is 2.30 bits per heavy atom. The van der Waals surface area contributed by atoms with E-state index in [9.17, 15) is 24.0 Å². The number of amides is 7. The second kappa shape index (κ2) is 8.30. The van der Waals surface area contributed by atoms with Crippen molar-refractivity contribution in [2.75, 3.05) is 18.6 Å². The highest BCUT2D eigenvalue weighted by molar-refractivity contribution is 6.53. The topological polar surface area (TPSA) is 125 Å². The summed E-state index contributed by atoms with van der Waals surface area (Å²) >= 11 is 0. The molecule has 0 radical (unpaired) electrons. The number of anilines is 1. The summed E-state index contributed by atoms with van der Waals surface area (Å²) in [5.74, 6) is -2.61. The molecule has 27 heavy (non-hydrogen) atoms. The van der Waals surface area contributed by atoms with Gasteiger partial charge in [0, 0.05) is 6.04 Å². The van der Waals surface area contributed by atoms with Crippen molar-refractivity contribution in [3.63, 3.8) is 0 Å². The third kappa shape index (κ3) is 4.40. The molecule has 1 atom stereocenters. The van der Waals surface area contributed by atoms with E-state index >= 15 is 0 Å². The Bertz CT molecular complexity index is 776. The standard InChI is InChI=1S/C17H20N4O6/c1-4-10(2)18-16(25)19-13(22)9-20-14(23)15(24)21(17(20)26)11-5-7-12(27-3)8-6-11/h5-8,10H,4,9H2,1-3H3,(H2,18,19,22,25)/t10-/m0/s1. The molecule has 7 amide bonds. The highest BCUT2D eigenvalue weighted by Crippen LogP contribution is 2.24. The normalized spacial score (nSPS) is 15.0. The lowest BCUT2D eigenvalue weighted by atomic mass is 10.3. The summed E-state index contributed by atoms with van der Waals surface area (Å²) in [6, 6.07) is 4.06. The zero-order valence-electron chi connectivity index (χ0n) is 15.1. The molecule has 1 aliphatic rings. The summed E-state index contributed by atoms with van der Waals surface area (Å²) in [5.41, 5.74) is 0.163. The van der Waals surface area contributed by atoms with Gasteiger partial charge in [-0.15, -0.1) is 0 Å². The Balaban J connectivity index is 2.06. The predicted molar refractivity (Wildman–Crippen MR) is 94.0 cm³/mol. The lowest BCUT2D eigenvalue weighted by Crippen LogP contribution is -2.48. The highest BCUT2D eigenvalue weighted by atomic mass is 16.5. The number of carbonyl (C=O) groups excluding carboxylic acids is 5. The van der Waals surface area contributed by atoms with E-state index in [0.29, 0.717) is 22.0 Å². The van der Waals surface area contributed by atoms with Crippen molar-refractivity contribution in [2.45, 2.75) is 26.3 Å². The smallest absolute Gasteiger partial charge is 0.339 e. The van der Waals surface area contributed by atoms with Gasteiger partial charge in [0.25, 0.3) is 0 Å². The molecule has 2 N–H and O–H groups in total. The molecule has 0 aliphatic carbocycles. The molecule has 1 aromatic rings. The van der Waals surface area contributed by atoms with Crippen LogP contribution in [0.3, 0.4) is 0 Å². The van der Waals surface area contributed by atoms with Crippen LogP contribution in [0.1, 0.15) is 20.3 Å². The van der Waals surface area contributed by atoms with E-state index in [1.165, 1.54) is 31.4 Å². The van der Waals surface area contributed by atoms with Gasteiger partial charge in [0.05, 0.1) is 12.8 Å². The first-order valence-electron chi connectivity index (χ1n) is 8.22. The molecule has 0 aromatic heterocycles. The fourth-order valence-corrected chi connectivity index (χ4v) is 2.28. The molecule has 1 heterocycles. The van der Waals surface area contributed by atoms with Gasteiger partial charge in [-0.25, -0.2) is 19.4 Å². The van der Waals surface area contributed by atoms with E-state index in [1.807, 2.05) is 12.2 Å². The van der Waals surface area contributed by atoms with Gasteiger partial charge in [-0.2, -0.15) is 0 Å². The third-order valence-corrected chi connectivity index (χ3v) is 3.93. The summed E-state index contributed by atoms with van der Waals surface area (Å²) in [7, 11) is 1.46. The number of rotatable bonds is 6. The zero-order chi connectivity index (χ0) is 20.1. The molecule has 10 heteroatoms. The number of methoxy groups -OCH3 is 1. The molecule has 0 bridgehead atoms. The number of urea groups is 2. The van der Waals surface area contributed by atoms with Crippen LogP contribution in [0.15, 0.2) is 24.3 Å². The largest absolute Gasteiger partial charge is 0.497 e. The van der Waals surface area contributed by atoms with Crippen molar-refractivity contribution in [1.82, 2.24) is 15.5 Å². The maximum absolute atomic E-state index is 12.4. The summed E-state index contributed by atoms with van der Waals surface area (Å²) in [5, 5.41) is 4.53. The van der Waals surface area contributed by atoms with Crippen LogP contribution < -0.4 is 20.3 Å². The second-order valence-corrected chi connectivity index (χ2v) is 5.84. The van der Waals surface area contributed by atoms with Gasteiger partial charge in [-0.05, 0) is 37.6 Å². The lowest BCUT2D eigenvalue weighted by Gasteiger charge is -2.16. The first kappa shape index (κ1) is 19.9. The summed E-state index contributed by atoms with van der Waals surface area (Å²) in [6.07, 6.45) is 0.663. The van der Waals surface area contributed by atoms with Crippen molar-refractivity contribution in [2.24, 2.45) is 0 Å². The van der Waals surface area contributed by atoms with Crippen molar-refractivity contribution >= 4 is 35.5 Å². The molecular weight excluding hydrogens is 356 g/mol. The van der Waals surface area contributed by atoms with Crippen LogP contribution >= 0.6 is 0 Å². The van der Waals surface area contributed by atoms with E-state index in [0.717, 1.165) is 0 Å². The van der Waals surface area contributed by atoms with E-state index in [-0.39, 0.29) is 11.7 Å². The molecule has 1 aliphatic heterocycles. The Labute approximate surface area is 155 Å². The maximum atomic E-state index is 12.4. The first-order chi connectivity index (χ1) is 12.8. The summed E-state index contributed by atoms with van der Waals surface area (Å²) in [6.45, 7) is 2.86. The van der Waals surface area contributed by atoms with Gasteiger partial charge in [0.1, 0.15) is 12.3 Å². The lowest BCUT2D eigenvalue weighted by molar-refractivity contribution is -0.140. The molecule has 0 spiro atoms. The van der Waals surface area contributed by atoms with Gasteiger partial charge in [-0.1, -0.05) is 6.92 Å². The molecule has 2 rings (SSSR count). The Morgan fingerprint density at radius 1 is 1.11 bits per heavy atom. The van der Waals surface area contributed by atoms with Crippen LogP contribution in [-0.2, 0) is 14.4 Å². The molecule has 144 valence electrons. The van der Waals surface area contributed by atoms with Crippen LogP contribution in [0.5, 0.6) is 5.75 Å². The number of nitrogens with one attached hydrogen (secondary N) is 2. The van der Waals surface area contributed by atoms with E-state index in [1.54, 1.807) is 6.92 Å². The fourth-order valence-electron chi connectivity index (χ4n) is 2.28. The maximum Gasteiger partial charge on any atom is 0.339 e. The molecule has 1 saturated heterocycles. The monoisotopic (exact) mass is 376 g/mol. The molecular formula is C17H20N4O6. The van der Waals surface area contributed by atoms with Gasteiger partial charge in [-0.3, -0.25) is 19.7 Å². The zero-order valence-corrected chi connectivity index (χ0v) is 15.1. The average molecular weight is 376 g/mol. The van der Waals surface area contributed by atoms with E-state index in [4.69, 9.17) is 4.74 Å². The van der Waals surface area contributed by atoms with Gasteiger partial charge in [0.2, 0.25) is 5.91 Å². The van der Waals surface area contributed by atoms with Gasteiger partial charge >= 0.3 is 23.9 Å². The minimum Gasteiger partial charge on any atom is -0.497 e. The molecule has 10 nitrogen and oxygen atoms in total. The number of hydrogen-bond donors (Lipinski definition) is 2. The summed E-state index contributed by atoms with van der Waals surface area (Å²) < 4.78 is 5.00. The molecule has 0 saturated carbocycles. The van der Waals surface area contributed by atoms with Gasteiger partial charge in [0.15, 0.2) is 0 Å². The number of carbonyl (C=O) groups is 5. The number of hydrogen-bond acceptors (Lipinski definition) is 6. The molecule has 1 aromatic carbocycles. The minimum atomic E-state index is -1.15. The Morgan fingerprint density at radius 2 is 1.74 bits per heavy atom. The fraction of sp³-hybridized carbons (Fsp3) is 0.353. The minimum absolute atomic E-state index is 0.153. The summed E-state index contributed by atoms with van der Waals surface area (Å²) in [4.78, 5) is 61.4. The Kier molecular flexibility index (Phi) is 6.11. The van der Waals surface area contributed by atoms with Crippen LogP contribution in [0, 0.1) is 0 Å². The van der Waals surface area contributed by atoms with Crippen molar-refractivity contribution in [1.29, 1.82) is 0 Å². The van der Waals surface area contributed by atoms with Crippen molar-refractivity contribution < 1.29 is 28.7 Å². The quantitative estimate of drug-likeness (QED) is 0.554.